The van der Waals surface area contributed by atoms with Crippen molar-refractivity contribution in [2.45, 2.75) is 38.1 Å². The zero-order chi connectivity index (χ0) is 28.9. The van der Waals surface area contributed by atoms with E-state index in [0.29, 0.717) is 30.1 Å². The first-order valence-corrected chi connectivity index (χ1v) is 16.4. The lowest BCUT2D eigenvalue weighted by atomic mass is 10.1. The van der Waals surface area contributed by atoms with E-state index < -0.39 is 20.0 Å². The fourth-order valence-corrected chi connectivity index (χ4v) is 6.97. The monoisotopic (exact) mass is 585 g/mol. The predicted molar refractivity (Wildman–Crippen MR) is 156 cm³/mol. The number of aryl methyl sites for hydroxylation is 2. The Morgan fingerprint density at radius 1 is 0.925 bits per heavy atom. The average molecular weight is 586 g/mol. The highest BCUT2D eigenvalue weighted by Gasteiger charge is 2.27. The van der Waals surface area contributed by atoms with Crippen LogP contribution in [-0.2, 0) is 26.6 Å². The maximum atomic E-state index is 12.6. The summed E-state index contributed by atoms with van der Waals surface area (Å²) in [6.07, 6.45) is 2.95. The molecular formula is C29H35N3O6S2. The first kappa shape index (κ1) is 29.6. The SMILES string of the molecule is Cc1ccc(C)c(N(Cc2ccc(C(=O)NCCOc3ccc(S(=O)(=O)N4CCCC4)cc3)cc2)S(C)(=O)=O)c1. The van der Waals surface area contributed by atoms with E-state index in [1.54, 1.807) is 36.4 Å². The lowest BCUT2D eigenvalue weighted by molar-refractivity contribution is 0.0947. The van der Waals surface area contributed by atoms with Gasteiger partial charge in [-0.05, 0) is 85.8 Å². The number of rotatable bonds is 11. The van der Waals surface area contributed by atoms with Gasteiger partial charge in [-0.1, -0.05) is 24.3 Å². The molecular weight excluding hydrogens is 550 g/mol. The standard InChI is InChI=1S/C29H35N3O6S2/c1-22-6-7-23(2)28(20-22)32(39(3,34)35)21-24-8-10-25(11-9-24)29(33)30-16-19-38-26-12-14-27(15-13-26)40(36,37)31-17-4-5-18-31/h6-15,20H,4-5,16-19,21H2,1-3H3,(H,30,33). The van der Waals surface area contributed by atoms with E-state index in [0.717, 1.165) is 29.5 Å². The van der Waals surface area contributed by atoms with Crippen LogP contribution in [0.1, 0.15) is 39.9 Å². The van der Waals surface area contributed by atoms with E-state index in [9.17, 15) is 21.6 Å². The predicted octanol–water partition coefficient (Wildman–Crippen LogP) is 3.86. The summed E-state index contributed by atoms with van der Waals surface area (Å²) in [4.78, 5) is 12.8. The Morgan fingerprint density at radius 2 is 1.57 bits per heavy atom. The first-order chi connectivity index (χ1) is 18.9. The Morgan fingerprint density at radius 3 is 2.20 bits per heavy atom. The molecule has 0 aliphatic carbocycles. The molecule has 1 fully saturated rings. The molecule has 0 radical (unpaired) electrons. The molecule has 1 aliphatic heterocycles. The van der Waals surface area contributed by atoms with Crippen LogP contribution in [0.5, 0.6) is 5.75 Å². The molecule has 1 heterocycles. The third kappa shape index (κ3) is 7.21. The number of nitrogens with zero attached hydrogens (tertiary/aromatic N) is 2. The number of hydrogen-bond donors (Lipinski definition) is 1. The minimum atomic E-state index is -3.53. The molecule has 40 heavy (non-hydrogen) atoms. The van der Waals surface area contributed by atoms with Crippen LogP contribution in [0, 0.1) is 13.8 Å². The summed E-state index contributed by atoms with van der Waals surface area (Å²) in [5.41, 5.74) is 3.65. The maximum Gasteiger partial charge on any atom is 0.251 e. The van der Waals surface area contributed by atoms with E-state index in [1.165, 1.54) is 27.0 Å². The van der Waals surface area contributed by atoms with E-state index in [2.05, 4.69) is 5.32 Å². The highest BCUT2D eigenvalue weighted by atomic mass is 32.2. The Labute approximate surface area is 236 Å². The van der Waals surface area contributed by atoms with E-state index in [-0.39, 0.29) is 30.5 Å². The van der Waals surface area contributed by atoms with Gasteiger partial charge in [0.05, 0.1) is 29.9 Å². The number of carbonyl (C=O) groups excluding carboxylic acids is 1. The van der Waals surface area contributed by atoms with Crippen molar-refractivity contribution in [1.82, 2.24) is 9.62 Å². The number of nitrogens with one attached hydrogen (secondary N) is 1. The van der Waals surface area contributed by atoms with Gasteiger partial charge in [0.1, 0.15) is 12.4 Å². The maximum absolute atomic E-state index is 12.6. The third-order valence-corrected chi connectivity index (χ3v) is 9.80. The smallest absolute Gasteiger partial charge is 0.251 e. The van der Waals surface area contributed by atoms with Crippen LogP contribution in [0.15, 0.2) is 71.6 Å². The van der Waals surface area contributed by atoms with Crippen molar-refractivity contribution in [2.75, 3.05) is 36.8 Å². The van der Waals surface area contributed by atoms with Gasteiger partial charge in [0, 0.05) is 18.7 Å². The summed E-state index contributed by atoms with van der Waals surface area (Å²) < 4.78 is 58.9. The summed E-state index contributed by atoms with van der Waals surface area (Å²) in [5.74, 6) is 0.231. The molecule has 0 atom stereocenters. The summed E-state index contributed by atoms with van der Waals surface area (Å²) in [7, 11) is -6.99. The van der Waals surface area contributed by atoms with E-state index in [4.69, 9.17) is 4.74 Å². The molecule has 0 unspecified atom stereocenters. The Kier molecular flexibility index (Phi) is 9.17. The van der Waals surface area contributed by atoms with Crippen molar-refractivity contribution in [3.05, 3.63) is 89.0 Å². The van der Waals surface area contributed by atoms with Crippen LogP contribution in [0.3, 0.4) is 0 Å². The molecule has 3 aromatic rings. The molecule has 0 saturated carbocycles. The summed E-state index contributed by atoms with van der Waals surface area (Å²) in [5, 5.41) is 2.79. The van der Waals surface area contributed by atoms with Gasteiger partial charge in [-0.15, -0.1) is 0 Å². The van der Waals surface area contributed by atoms with Crippen LogP contribution >= 0.6 is 0 Å². The second-order valence-corrected chi connectivity index (χ2v) is 13.8. The summed E-state index contributed by atoms with van der Waals surface area (Å²) >= 11 is 0. The topological polar surface area (TPSA) is 113 Å². The quantitative estimate of drug-likeness (QED) is 0.342. The van der Waals surface area contributed by atoms with Crippen LogP contribution in [0.25, 0.3) is 0 Å². The largest absolute Gasteiger partial charge is 0.492 e. The molecule has 9 nitrogen and oxygen atoms in total. The van der Waals surface area contributed by atoms with Crippen molar-refractivity contribution in [2.24, 2.45) is 0 Å². The first-order valence-electron chi connectivity index (χ1n) is 13.1. The number of hydrogen-bond acceptors (Lipinski definition) is 6. The molecule has 3 aromatic carbocycles. The molecule has 214 valence electrons. The normalized spacial score (nSPS) is 14.2. The van der Waals surface area contributed by atoms with Gasteiger partial charge in [-0.25, -0.2) is 16.8 Å². The summed E-state index contributed by atoms with van der Waals surface area (Å²) in [6.45, 7) is 5.51. The zero-order valence-corrected chi connectivity index (χ0v) is 24.6. The number of sulfonamides is 2. The molecule has 11 heteroatoms. The van der Waals surface area contributed by atoms with Gasteiger partial charge in [0.25, 0.3) is 5.91 Å². The molecule has 0 spiro atoms. The Balaban J connectivity index is 1.29. The van der Waals surface area contributed by atoms with Crippen LogP contribution in [0.2, 0.25) is 0 Å². The Hall–Kier alpha value is -3.41. The fourth-order valence-electron chi connectivity index (χ4n) is 4.52. The van der Waals surface area contributed by atoms with Gasteiger partial charge in [0.15, 0.2) is 0 Å². The second kappa shape index (κ2) is 12.4. The summed E-state index contributed by atoms with van der Waals surface area (Å²) in [6, 6.07) is 18.8. The zero-order valence-electron chi connectivity index (χ0n) is 23.0. The lowest BCUT2D eigenvalue weighted by Crippen LogP contribution is -2.30. The van der Waals surface area contributed by atoms with Crippen molar-refractivity contribution < 1.29 is 26.4 Å². The van der Waals surface area contributed by atoms with E-state index >= 15 is 0 Å². The van der Waals surface area contributed by atoms with Gasteiger partial charge in [-0.3, -0.25) is 9.10 Å². The highest BCUT2D eigenvalue weighted by molar-refractivity contribution is 7.92. The molecule has 0 aromatic heterocycles. The minimum absolute atomic E-state index is 0.150. The molecule has 1 amide bonds. The molecule has 4 rings (SSSR count). The van der Waals surface area contributed by atoms with Gasteiger partial charge in [0.2, 0.25) is 20.0 Å². The number of anilines is 1. The lowest BCUT2D eigenvalue weighted by Gasteiger charge is -2.25. The second-order valence-electron chi connectivity index (χ2n) is 9.94. The molecule has 0 bridgehead atoms. The van der Waals surface area contributed by atoms with Crippen molar-refractivity contribution in [3.63, 3.8) is 0 Å². The number of carbonyl (C=O) groups is 1. The molecule has 1 N–H and O–H groups in total. The molecule has 1 aliphatic rings. The van der Waals surface area contributed by atoms with Gasteiger partial charge in [-0.2, -0.15) is 4.31 Å². The van der Waals surface area contributed by atoms with Crippen LogP contribution in [0.4, 0.5) is 5.69 Å². The van der Waals surface area contributed by atoms with Gasteiger partial charge >= 0.3 is 0 Å². The molecule has 1 saturated heterocycles. The third-order valence-electron chi connectivity index (χ3n) is 6.76. The van der Waals surface area contributed by atoms with Crippen molar-refractivity contribution in [1.29, 1.82) is 0 Å². The number of benzene rings is 3. The van der Waals surface area contributed by atoms with Crippen molar-refractivity contribution >= 4 is 31.6 Å². The van der Waals surface area contributed by atoms with E-state index in [1.807, 2.05) is 32.0 Å². The van der Waals surface area contributed by atoms with Crippen molar-refractivity contribution in [3.8, 4) is 5.75 Å². The van der Waals surface area contributed by atoms with Crippen LogP contribution in [-0.4, -0.2) is 59.5 Å². The number of amides is 1. The van der Waals surface area contributed by atoms with Gasteiger partial charge < -0.3 is 10.1 Å². The Bertz CT molecular complexity index is 1550. The highest BCUT2D eigenvalue weighted by Crippen LogP contribution is 2.26. The average Bonchev–Trinajstić information content (AvgIpc) is 3.47. The number of ether oxygens (including phenoxy) is 1. The van der Waals surface area contributed by atoms with Crippen LogP contribution < -0.4 is 14.4 Å². The minimum Gasteiger partial charge on any atom is -0.492 e. The fraction of sp³-hybridized carbons (Fsp3) is 0.345.